The van der Waals surface area contributed by atoms with E-state index in [4.69, 9.17) is 4.42 Å². The van der Waals surface area contributed by atoms with Crippen molar-refractivity contribution in [3.8, 4) is 5.69 Å². The van der Waals surface area contributed by atoms with Crippen molar-refractivity contribution >= 4 is 34.1 Å². The lowest BCUT2D eigenvalue weighted by atomic mass is 10.1. The Morgan fingerprint density at radius 2 is 1.94 bits per heavy atom. The number of anilines is 2. The van der Waals surface area contributed by atoms with Crippen LogP contribution in [0.3, 0.4) is 0 Å². The van der Waals surface area contributed by atoms with Gasteiger partial charge in [-0.3, -0.25) is 14.9 Å². The summed E-state index contributed by atoms with van der Waals surface area (Å²) < 4.78 is 46.4. The molecule has 8 nitrogen and oxygen atoms in total. The number of aryl methyl sites for hydroxylation is 1. The molecular weight excluding hydrogens is 459 g/mol. The molecule has 0 saturated carbocycles. The molecule has 3 heterocycles. The summed E-state index contributed by atoms with van der Waals surface area (Å²) in [6.45, 7) is 1.61. The van der Waals surface area contributed by atoms with Gasteiger partial charge in [-0.25, -0.2) is 9.67 Å². The molecule has 0 unspecified atom stereocenters. The molecule has 2 amide bonds. The minimum atomic E-state index is -4.59. The first kappa shape index (κ1) is 22.3. The summed E-state index contributed by atoms with van der Waals surface area (Å²) in [7, 11) is 0. The van der Waals surface area contributed by atoms with Crippen LogP contribution in [0.25, 0.3) is 5.69 Å². The topological polar surface area (TPSA) is 102 Å². The fraction of sp³-hybridized carbons (Fsp3) is 0.143. The van der Waals surface area contributed by atoms with Gasteiger partial charge >= 0.3 is 6.18 Å². The molecule has 170 valence electrons. The number of aromatic nitrogens is 3. The first-order valence-electron chi connectivity index (χ1n) is 9.53. The third-order valence-corrected chi connectivity index (χ3v) is 5.20. The predicted octanol–water partition coefficient (Wildman–Crippen LogP) is 4.68. The fourth-order valence-corrected chi connectivity index (χ4v) is 3.74. The lowest BCUT2D eigenvalue weighted by molar-refractivity contribution is -0.137. The molecule has 4 aromatic rings. The van der Waals surface area contributed by atoms with Gasteiger partial charge in [-0.1, -0.05) is 12.1 Å². The van der Waals surface area contributed by atoms with E-state index in [1.807, 2.05) is 0 Å². The van der Waals surface area contributed by atoms with Gasteiger partial charge in [0.25, 0.3) is 5.91 Å². The molecule has 0 radical (unpaired) electrons. The van der Waals surface area contributed by atoms with Crippen molar-refractivity contribution in [1.82, 2.24) is 14.8 Å². The van der Waals surface area contributed by atoms with Crippen LogP contribution in [0.1, 0.15) is 27.5 Å². The molecular formula is C21H16F3N5O3S. The molecule has 0 saturated heterocycles. The maximum Gasteiger partial charge on any atom is 0.418 e. The average molecular weight is 475 g/mol. The van der Waals surface area contributed by atoms with Gasteiger partial charge in [0.05, 0.1) is 35.3 Å². The van der Waals surface area contributed by atoms with Gasteiger partial charge in [0.2, 0.25) is 5.91 Å². The van der Waals surface area contributed by atoms with E-state index in [1.54, 1.807) is 18.4 Å². The first-order chi connectivity index (χ1) is 15.7. The van der Waals surface area contributed by atoms with Crippen LogP contribution in [0.5, 0.6) is 0 Å². The molecule has 2 N–H and O–H groups in total. The van der Waals surface area contributed by atoms with Gasteiger partial charge in [0.1, 0.15) is 5.82 Å². The van der Waals surface area contributed by atoms with Crippen LogP contribution in [0, 0.1) is 6.92 Å². The summed E-state index contributed by atoms with van der Waals surface area (Å²) in [5.41, 5.74) is -0.269. The number of alkyl halides is 3. The fourth-order valence-electron chi connectivity index (χ4n) is 3.03. The van der Waals surface area contributed by atoms with Gasteiger partial charge in [-0.05, 0) is 31.2 Å². The van der Waals surface area contributed by atoms with E-state index in [0.29, 0.717) is 11.4 Å². The molecule has 0 aliphatic carbocycles. The number of hydrogen-bond acceptors (Lipinski definition) is 6. The molecule has 0 atom stereocenters. The van der Waals surface area contributed by atoms with Gasteiger partial charge in [-0.2, -0.15) is 18.3 Å². The zero-order valence-electron chi connectivity index (χ0n) is 17.0. The molecule has 0 bridgehead atoms. The molecule has 4 rings (SSSR count). The second-order valence-corrected chi connectivity index (χ2v) is 7.76. The number of carbonyl (C=O) groups is 2. The van der Waals surface area contributed by atoms with E-state index < -0.39 is 23.6 Å². The van der Waals surface area contributed by atoms with Gasteiger partial charge < -0.3 is 9.73 Å². The first-order valence-corrected chi connectivity index (χ1v) is 10.4. The third-order valence-electron chi connectivity index (χ3n) is 4.40. The molecule has 1 aromatic carbocycles. The summed E-state index contributed by atoms with van der Waals surface area (Å²) in [6, 6.07) is 9.52. The number of amides is 2. The van der Waals surface area contributed by atoms with Crippen molar-refractivity contribution < 1.29 is 27.2 Å². The van der Waals surface area contributed by atoms with Crippen molar-refractivity contribution in [3.63, 3.8) is 0 Å². The van der Waals surface area contributed by atoms with Gasteiger partial charge in [0, 0.05) is 11.4 Å². The summed E-state index contributed by atoms with van der Waals surface area (Å²) in [5.74, 6) is -0.772. The van der Waals surface area contributed by atoms with Crippen molar-refractivity contribution in [2.45, 2.75) is 19.5 Å². The second kappa shape index (κ2) is 8.90. The molecule has 0 aliphatic rings. The molecule has 33 heavy (non-hydrogen) atoms. The van der Waals surface area contributed by atoms with Crippen LogP contribution < -0.4 is 10.6 Å². The molecule has 0 aliphatic heterocycles. The van der Waals surface area contributed by atoms with Crippen molar-refractivity contribution in [2.24, 2.45) is 0 Å². The van der Waals surface area contributed by atoms with Crippen LogP contribution in [-0.2, 0) is 17.4 Å². The van der Waals surface area contributed by atoms with Crippen LogP contribution in [0.4, 0.5) is 24.1 Å². The number of thiazole rings is 1. The van der Waals surface area contributed by atoms with Crippen molar-refractivity contribution in [3.05, 3.63) is 76.8 Å². The Labute approximate surface area is 189 Å². The molecule has 3 aromatic heterocycles. The SMILES string of the molecule is Cc1cc(NC(=O)Cc2csc(NC(=O)c3ccco3)n2)n(-c2ccccc2C(F)(F)F)n1. The van der Waals surface area contributed by atoms with Crippen molar-refractivity contribution in [1.29, 1.82) is 0 Å². The largest absolute Gasteiger partial charge is 0.459 e. The average Bonchev–Trinajstić information content (AvgIpc) is 3.49. The number of nitrogens with one attached hydrogen (secondary N) is 2. The van der Waals surface area contributed by atoms with Crippen LogP contribution in [0.15, 0.2) is 58.5 Å². The number of halogens is 3. The molecule has 0 spiro atoms. The van der Waals surface area contributed by atoms with E-state index in [9.17, 15) is 22.8 Å². The zero-order valence-corrected chi connectivity index (χ0v) is 17.8. The molecule has 0 fully saturated rings. The van der Waals surface area contributed by atoms with Gasteiger partial charge in [0.15, 0.2) is 10.9 Å². The Kier molecular flexibility index (Phi) is 6.01. The third kappa shape index (κ3) is 5.12. The number of para-hydroxylation sites is 1. The normalized spacial score (nSPS) is 11.4. The standard InChI is InChI=1S/C21H16F3N5O3S/c1-12-9-17(29(28-12)15-6-3-2-5-14(15)21(22,23)24)26-18(30)10-13-11-33-20(25-13)27-19(31)16-7-4-8-32-16/h2-9,11H,10H2,1H3,(H,26,30)(H,25,27,31). The Balaban J connectivity index is 1.48. The maximum absolute atomic E-state index is 13.4. The zero-order chi connectivity index (χ0) is 23.6. The Morgan fingerprint density at radius 3 is 2.67 bits per heavy atom. The van der Waals surface area contributed by atoms with E-state index in [0.717, 1.165) is 22.1 Å². The van der Waals surface area contributed by atoms with Crippen LogP contribution in [0.2, 0.25) is 0 Å². The lowest BCUT2D eigenvalue weighted by Crippen LogP contribution is -2.19. The van der Waals surface area contributed by atoms with Gasteiger partial charge in [-0.15, -0.1) is 11.3 Å². The minimum absolute atomic E-state index is 0.0933. The van der Waals surface area contributed by atoms with Crippen LogP contribution in [-0.4, -0.2) is 26.6 Å². The number of furan rings is 1. The summed E-state index contributed by atoms with van der Waals surface area (Å²) in [5, 5.41) is 11.1. The predicted molar refractivity (Wildman–Crippen MR) is 114 cm³/mol. The Bertz CT molecular complexity index is 1290. The summed E-state index contributed by atoms with van der Waals surface area (Å²) in [6.07, 6.45) is -3.38. The van der Waals surface area contributed by atoms with E-state index in [2.05, 4.69) is 20.7 Å². The Morgan fingerprint density at radius 1 is 1.15 bits per heavy atom. The van der Waals surface area contributed by atoms with E-state index in [1.165, 1.54) is 36.6 Å². The number of nitrogens with zero attached hydrogens (tertiary/aromatic N) is 3. The lowest BCUT2D eigenvalue weighted by Gasteiger charge is -2.15. The second-order valence-electron chi connectivity index (χ2n) is 6.90. The summed E-state index contributed by atoms with van der Waals surface area (Å²) in [4.78, 5) is 28.8. The number of rotatable bonds is 6. The summed E-state index contributed by atoms with van der Waals surface area (Å²) >= 11 is 1.12. The smallest absolute Gasteiger partial charge is 0.418 e. The minimum Gasteiger partial charge on any atom is -0.459 e. The number of benzene rings is 1. The highest BCUT2D eigenvalue weighted by Gasteiger charge is 2.34. The highest BCUT2D eigenvalue weighted by molar-refractivity contribution is 7.14. The quantitative estimate of drug-likeness (QED) is 0.422. The highest BCUT2D eigenvalue weighted by atomic mass is 32.1. The van der Waals surface area contributed by atoms with E-state index in [-0.39, 0.29) is 28.8 Å². The highest BCUT2D eigenvalue weighted by Crippen LogP contribution is 2.34. The van der Waals surface area contributed by atoms with Crippen molar-refractivity contribution in [2.75, 3.05) is 10.6 Å². The maximum atomic E-state index is 13.4. The monoisotopic (exact) mass is 475 g/mol. The molecule has 12 heteroatoms. The van der Waals surface area contributed by atoms with E-state index >= 15 is 0 Å². The number of carbonyl (C=O) groups excluding carboxylic acids is 2. The number of hydrogen-bond donors (Lipinski definition) is 2. The Hall–Kier alpha value is -3.93. The van der Waals surface area contributed by atoms with Crippen LogP contribution >= 0.6 is 11.3 Å².